The van der Waals surface area contributed by atoms with Crippen LogP contribution in [-0.4, -0.2) is 40.9 Å². The van der Waals surface area contributed by atoms with Crippen LogP contribution >= 0.6 is 11.3 Å². The SMILES string of the molecule is OCCCN(Cc1cnc(-c2ccccc2)s1)CC(F)(F)F. The summed E-state index contributed by atoms with van der Waals surface area (Å²) in [5, 5.41) is 9.61. The minimum absolute atomic E-state index is 0.119. The van der Waals surface area contributed by atoms with Crippen LogP contribution < -0.4 is 0 Å². The van der Waals surface area contributed by atoms with Gasteiger partial charge in [0, 0.05) is 36.3 Å². The van der Waals surface area contributed by atoms with E-state index in [2.05, 4.69) is 4.98 Å². The number of hydrogen-bond acceptors (Lipinski definition) is 4. The van der Waals surface area contributed by atoms with Gasteiger partial charge in [0.15, 0.2) is 0 Å². The van der Waals surface area contributed by atoms with E-state index < -0.39 is 12.7 Å². The van der Waals surface area contributed by atoms with E-state index in [0.29, 0.717) is 6.42 Å². The van der Waals surface area contributed by atoms with Gasteiger partial charge in [-0.15, -0.1) is 11.3 Å². The van der Waals surface area contributed by atoms with Gasteiger partial charge in [0.25, 0.3) is 0 Å². The third-order valence-corrected chi connectivity index (χ3v) is 4.02. The Morgan fingerprint density at radius 2 is 1.91 bits per heavy atom. The van der Waals surface area contributed by atoms with Gasteiger partial charge in [-0.1, -0.05) is 30.3 Å². The number of aromatic nitrogens is 1. The topological polar surface area (TPSA) is 36.4 Å². The van der Waals surface area contributed by atoms with Gasteiger partial charge < -0.3 is 5.11 Å². The van der Waals surface area contributed by atoms with Crippen molar-refractivity contribution in [2.24, 2.45) is 0 Å². The highest BCUT2D eigenvalue weighted by molar-refractivity contribution is 7.15. The first-order valence-electron chi connectivity index (χ1n) is 6.88. The van der Waals surface area contributed by atoms with Crippen molar-refractivity contribution in [3.05, 3.63) is 41.4 Å². The number of alkyl halides is 3. The maximum Gasteiger partial charge on any atom is 0.401 e. The molecule has 0 spiro atoms. The summed E-state index contributed by atoms with van der Waals surface area (Å²) in [6.07, 6.45) is -2.31. The second-order valence-corrected chi connectivity index (χ2v) is 6.02. The van der Waals surface area contributed by atoms with Crippen LogP contribution in [0.2, 0.25) is 0 Å². The summed E-state index contributed by atoms with van der Waals surface area (Å²) in [4.78, 5) is 6.35. The quantitative estimate of drug-likeness (QED) is 0.843. The Labute approximate surface area is 131 Å². The molecule has 7 heteroatoms. The van der Waals surface area contributed by atoms with Crippen molar-refractivity contribution in [3.63, 3.8) is 0 Å². The van der Waals surface area contributed by atoms with Crippen molar-refractivity contribution in [2.75, 3.05) is 19.7 Å². The smallest absolute Gasteiger partial charge is 0.396 e. The molecule has 0 saturated heterocycles. The molecule has 3 nitrogen and oxygen atoms in total. The standard InChI is InChI=1S/C15H17F3N2OS/c16-15(17,18)11-20(7-4-8-21)10-13-9-19-14(22-13)12-5-2-1-3-6-12/h1-3,5-6,9,21H,4,7-8,10-11H2. The first-order valence-corrected chi connectivity index (χ1v) is 7.69. The van der Waals surface area contributed by atoms with Gasteiger partial charge in [0.05, 0.1) is 6.54 Å². The monoisotopic (exact) mass is 330 g/mol. The van der Waals surface area contributed by atoms with E-state index in [1.54, 1.807) is 6.20 Å². The van der Waals surface area contributed by atoms with E-state index in [0.717, 1.165) is 15.4 Å². The molecule has 2 rings (SSSR count). The van der Waals surface area contributed by atoms with Crippen LogP contribution in [0.15, 0.2) is 36.5 Å². The van der Waals surface area contributed by atoms with Crippen molar-refractivity contribution in [1.82, 2.24) is 9.88 Å². The summed E-state index contributed by atoms with van der Waals surface area (Å²) in [5.41, 5.74) is 0.955. The Balaban J connectivity index is 2.05. The van der Waals surface area contributed by atoms with E-state index >= 15 is 0 Å². The van der Waals surface area contributed by atoms with Crippen LogP contribution in [0, 0.1) is 0 Å². The molecule has 0 bridgehead atoms. The summed E-state index contributed by atoms with van der Waals surface area (Å²) in [5.74, 6) is 0. The molecule has 1 heterocycles. The molecule has 0 aliphatic heterocycles. The van der Waals surface area contributed by atoms with Gasteiger partial charge >= 0.3 is 6.18 Å². The Bertz CT molecular complexity index is 572. The average Bonchev–Trinajstić information content (AvgIpc) is 2.93. The van der Waals surface area contributed by atoms with Crippen molar-refractivity contribution >= 4 is 11.3 Å². The Kier molecular flexibility index (Phi) is 5.93. The lowest BCUT2D eigenvalue weighted by molar-refractivity contribution is -0.147. The lowest BCUT2D eigenvalue weighted by Gasteiger charge is -2.22. The van der Waals surface area contributed by atoms with Crippen LogP contribution in [-0.2, 0) is 6.54 Å². The van der Waals surface area contributed by atoms with Gasteiger partial charge in [0.2, 0.25) is 0 Å². The minimum atomic E-state index is -4.25. The third-order valence-electron chi connectivity index (χ3n) is 2.99. The third kappa shape index (κ3) is 5.40. The van der Waals surface area contributed by atoms with E-state index in [1.807, 2.05) is 30.3 Å². The number of hydrogen-bond donors (Lipinski definition) is 1. The molecular formula is C15H17F3N2OS. The van der Waals surface area contributed by atoms with Crippen LogP contribution in [0.1, 0.15) is 11.3 Å². The zero-order valence-electron chi connectivity index (χ0n) is 11.9. The number of nitrogens with zero attached hydrogens (tertiary/aromatic N) is 2. The summed E-state index contributed by atoms with van der Waals surface area (Å²) < 4.78 is 37.8. The lowest BCUT2D eigenvalue weighted by atomic mass is 10.2. The molecule has 0 unspecified atom stereocenters. The highest BCUT2D eigenvalue weighted by Gasteiger charge is 2.30. The summed E-state index contributed by atoms with van der Waals surface area (Å²) in [6.45, 7) is -0.712. The van der Waals surface area contributed by atoms with Gasteiger partial charge in [-0.25, -0.2) is 4.98 Å². The molecule has 0 atom stereocenters. The Morgan fingerprint density at radius 1 is 1.18 bits per heavy atom. The fraction of sp³-hybridized carbons (Fsp3) is 0.400. The van der Waals surface area contributed by atoms with E-state index in [4.69, 9.17) is 5.11 Å². The summed E-state index contributed by atoms with van der Waals surface area (Å²) >= 11 is 1.39. The Morgan fingerprint density at radius 3 is 2.55 bits per heavy atom. The lowest BCUT2D eigenvalue weighted by Crippen LogP contribution is -2.34. The number of benzene rings is 1. The van der Waals surface area contributed by atoms with Crippen molar-refractivity contribution in [1.29, 1.82) is 0 Å². The number of thiazole rings is 1. The van der Waals surface area contributed by atoms with E-state index in [1.165, 1.54) is 16.2 Å². The first-order chi connectivity index (χ1) is 10.5. The van der Waals surface area contributed by atoms with Crippen molar-refractivity contribution < 1.29 is 18.3 Å². The molecule has 22 heavy (non-hydrogen) atoms. The minimum Gasteiger partial charge on any atom is -0.396 e. The van der Waals surface area contributed by atoms with Crippen LogP contribution in [0.4, 0.5) is 13.2 Å². The van der Waals surface area contributed by atoms with Crippen molar-refractivity contribution in [3.8, 4) is 10.6 Å². The predicted octanol–water partition coefficient (Wildman–Crippen LogP) is 3.56. The van der Waals surface area contributed by atoms with Crippen LogP contribution in [0.25, 0.3) is 10.6 Å². The largest absolute Gasteiger partial charge is 0.401 e. The zero-order chi connectivity index (χ0) is 16.0. The summed E-state index contributed by atoms with van der Waals surface area (Å²) in [7, 11) is 0. The van der Waals surface area contributed by atoms with E-state index in [-0.39, 0.29) is 19.7 Å². The van der Waals surface area contributed by atoms with Gasteiger partial charge in [-0.3, -0.25) is 4.90 Å². The summed E-state index contributed by atoms with van der Waals surface area (Å²) in [6, 6.07) is 9.53. The highest BCUT2D eigenvalue weighted by Crippen LogP contribution is 2.26. The predicted molar refractivity (Wildman–Crippen MR) is 80.6 cm³/mol. The van der Waals surface area contributed by atoms with E-state index in [9.17, 15) is 13.2 Å². The molecular weight excluding hydrogens is 313 g/mol. The molecule has 0 amide bonds. The first kappa shape index (κ1) is 16.9. The molecule has 1 N–H and O–H groups in total. The molecule has 0 aliphatic carbocycles. The van der Waals surface area contributed by atoms with Gasteiger partial charge in [-0.2, -0.15) is 13.2 Å². The fourth-order valence-corrected chi connectivity index (χ4v) is 3.04. The normalized spacial score (nSPS) is 12.0. The van der Waals surface area contributed by atoms with Gasteiger partial charge in [-0.05, 0) is 6.42 Å². The fourth-order valence-electron chi connectivity index (χ4n) is 2.08. The Hall–Kier alpha value is -1.44. The molecule has 1 aromatic heterocycles. The molecule has 2 aromatic rings. The molecule has 0 saturated carbocycles. The molecule has 1 aromatic carbocycles. The number of halogens is 3. The maximum absolute atomic E-state index is 12.6. The molecule has 0 aliphatic rings. The average molecular weight is 330 g/mol. The van der Waals surface area contributed by atoms with Crippen molar-refractivity contribution in [2.45, 2.75) is 19.1 Å². The molecule has 0 fully saturated rings. The zero-order valence-corrected chi connectivity index (χ0v) is 12.7. The van der Waals surface area contributed by atoms with Gasteiger partial charge in [0.1, 0.15) is 5.01 Å². The molecule has 120 valence electrons. The second kappa shape index (κ2) is 7.71. The highest BCUT2D eigenvalue weighted by atomic mass is 32.1. The van der Waals surface area contributed by atoms with Crippen LogP contribution in [0.3, 0.4) is 0 Å². The number of aliphatic hydroxyl groups excluding tert-OH is 1. The second-order valence-electron chi connectivity index (χ2n) is 4.90. The van der Waals surface area contributed by atoms with Crippen LogP contribution in [0.5, 0.6) is 0 Å². The maximum atomic E-state index is 12.6. The number of rotatable bonds is 7. The number of aliphatic hydroxyl groups is 1. The molecule has 0 radical (unpaired) electrons.